The zero-order chi connectivity index (χ0) is 55.7. The summed E-state index contributed by atoms with van der Waals surface area (Å²) in [6.45, 7) is -1.54. The van der Waals surface area contributed by atoms with Gasteiger partial charge in [0.05, 0.1) is 19.8 Å². The molecule has 0 unspecified atom stereocenters. The quantitative estimate of drug-likeness (QED) is 0.0476. The van der Waals surface area contributed by atoms with Gasteiger partial charge in [0.1, 0.15) is 72.7 Å². The summed E-state index contributed by atoms with van der Waals surface area (Å²) in [4.78, 5) is 144. The molecule has 0 amide bonds. The average Bonchev–Trinajstić information content (AvgIpc) is 3.36. The lowest BCUT2D eigenvalue weighted by atomic mass is 10.2. The molecule has 0 N–H and O–H groups in total. The highest BCUT2D eigenvalue weighted by molar-refractivity contribution is 5.76. The van der Waals surface area contributed by atoms with E-state index in [1.54, 1.807) is 0 Å². The van der Waals surface area contributed by atoms with E-state index in [1.807, 2.05) is 0 Å². The van der Waals surface area contributed by atoms with Crippen molar-refractivity contribution >= 4 is 71.6 Å². The van der Waals surface area contributed by atoms with Crippen molar-refractivity contribution in [3.8, 4) is 0 Å². The Balaban J connectivity index is 4.80. The summed E-state index contributed by atoms with van der Waals surface area (Å²) in [6, 6.07) is 0. The number of esters is 12. The number of carbonyl (C=O) groups excluding carboxylic acids is 12. The van der Waals surface area contributed by atoms with Crippen LogP contribution in [0.3, 0.4) is 0 Å². The van der Waals surface area contributed by atoms with E-state index < -0.39 is 90.9 Å². The van der Waals surface area contributed by atoms with Gasteiger partial charge in [-0.05, 0) is 38.5 Å². The predicted octanol–water partition coefficient (Wildman–Crippen LogP) is 1.83. The van der Waals surface area contributed by atoms with Gasteiger partial charge in [0.15, 0.2) is 6.10 Å². The molecule has 0 atom stereocenters. The van der Waals surface area contributed by atoms with Crippen LogP contribution in [0.15, 0.2) is 0 Å². The monoisotopic (exact) mass is 1080 g/mol. The highest BCUT2D eigenvalue weighted by atomic mass is 16.6. The normalized spacial score (nSPS) is 10.6. The van der Waals surface area contributed by atoms with Gasteiger partial charge in [-0.3, -0.25) is 57.5 Å². The largest absolute Gasteiger partial charge is 0.463 e. The van der Waals surface area contributed by atoms with Crippen LogP contribution in [0.5, 0.6) is 0 Å². The zero-order valence-electron chi connectivity index (χ0n) is 43.2. The summed E-state index contributed by atoms with van der Waals surface area (Å²) in [5, 5.41) is 0. The first-order valence-electron chi connectivity index (χ1n) is 24.5. The Morgan fingerprint density at radius 3 is 0.573 bits per heavy atom. The number of ether oxygens (including phenoxy) is 15. The van der Waals surface area contributed by atoms with E-state index in [9.17, 15) is 57.5 Å². The predicted molar refractivity (Wildman–Crippen MR) is 249 cm³/mol. The first-order valence-corrected chi connectivity index (χ1v) is 24.5. The second-order valence-corrected chi connectivity index (χ2v) is 15.6. The summed E-state index contributed by atoms with van der Waals surface area (Å²) < 4.78 is 74.7. The van der Waals surface area contributed by atoms with Gasteiger partial charge in [-0.2, -0.15) is 0 Å². The second-order valence-electron chi connectivity index (χ2n) is 15.6. The number of rotatable bonds is 47. The molecule has 0 aliphatic rings. The number of methoxy groups -OCH3 is 3. The third-order valence-electron chi connectivity index (χ3n) is 9.21. The molecular weight excluding hydrogens is 1010 g/mol. The van der Waals surface area contributed by atoms with Gasteiger partial charge >= 0.3 is 71.6 Å². The van der Waals surface area contributed by atoms with Gasteiger partial charge in [-0.25, -0.2) is 0 Å². The van der Waals surface area contributed by atoms with E-state index in [2.05, 4.69) is 0 Å². The summed E-state index contributed by atoms with van der Waals surface area (Å²) in [7, 11) is 4.39. The van der Waals surface area contributed by atoms with E-state index in [1.165, 1.54) is 21.3 Å². The maximum Gasteiger partial charge on any atom is 0.306 e. The molecule has 0 spiro atoms. The zero-order valence-corrected chi connectivity index (χ0v) is 43.2. The molecule has 0 aromatic carbocycles. The molecule has 27 heteroatoms. The van der Waals surface area contributed by atoms with Crippen LogP contribution in [0.25, 0.3) is 0 Å². The lowest BCUT2D eigenvalue weighted by molar-refractivity contribution is -0.167. The smallest absolute Gasteiger partial charge is 0.306 e. The van der Waals surface area contributed by atoms with Crippen molar-refractivity contribution in [3.63, 3.8) is 0 Å². The first kappa shape index (κ1) is 68.5. The molecule has 0 aromatic heterocycles. The van der Waals surface area contributed by atoms with Gasteiger partial charge in [0.2, 0.25) is 0 Å². The SMILES string of the molecule is COCCOC(=O)CCCC(=O)OCCOC(=O)CCCC(=O)OCC(COC(=O)CCCC(=O)OCCOC(=O)CCCC(=O)OCCOC)OC(=O)CCCC(=O)OCCOC(=O)CCCC(=O)OCCOC. The molecule has 75 heavy (non-hydrogen) atoms. The standard InChI is InChI=1S/C48H74O27/c1-61-22-25-64-37(49)10-4-13-40(52)67-28-30-70-43(55)16-7-19-46(58)73-34-36(75-48(60)21-9-18-45(57)72-33-32-69-42(54)15-6-12-39(51)66-27-24-63-3)35-74-47(59)20-8-17-44(56)71-31-29-68-41(53)14-5-11-38(50)65-26-23-62-2/h36H,4-35H2,1-3H3. The molecule has 0 aliphatic carbocycles. The van der Waals surface area contributed by atoms with Crippen LogP contribution in [-0.2, 0) is 129 Å². The Morgan fingerprint density at radius 2 is 0.387 bits per heavy atom. The van der Waals surface area contributed by atoms with Crippen molar-refractivity contribution in [2.24, 2.45) is 0 Å². The van der Waals surface area contributed by atoms with Crippen molar-refractivity contribution in [3.05, 3.63) is 0 Å². The number of hydrogen-bond donors (Lipinski definition) is 0. The lowest BCUT2D eigenvalue weighted by Crippen LogP contribution is -2.31. The molecular formula is C48H74O27. The van der Waals surface area contributed by atoms with Crippen LogP contribution in [0.1, 0.15) is 116 Å². The summed E-state index contributed by atoms with van der Waals surface area (Å²) in [6.07, 6.45) is -2.36. The van der Waals surface area contributed by atoms with Crippen molar-refractivity contribution in [1.82, 2.24) is 0 Å². The van der Waals surface area contributed by atoms with E-state index in [0.717, 1.165) is 0 Å². The topological polar surface area (TPSA) is 343 Å². The van der Waals surface area contributed by atoms with Crippen LogP contribution in [-0.4, -0.2) is 192 Å². The average molecular weight is 1080 g/mol. The minimum Gasteiger partial charge on any atom is -0.463 e. The van der Waals surface area contributed by atoms with Gasteiger partial charge in [-0.15, -0.1) is 0 Å². The molecule has 428 valence electrons. The fourth-order valence-electron chi connectivity index (χ4n) is 5.44. The van der Waals surface area contributed by atoms with Crippen LogP contribution in [0.2, 0.25) is 0 Å². The van der Waals surface area contributed by atoms with Gasteiger partial charge in [0, 0.05) is 98.4 Å². The third-order valence-corrected chi connectivity index (χ3v) is 9.21. The van der Waals surface area contributed by atoms with E-state index >= 15 is 0 Å². The van der Waals surface area contributed by atoms with Crippen LogP contribution in [0.4, 0.5) is 0 Å². The highest BCUT2D eigenvalue weighted by Crippen LogP contribution is 2.09. The Bertz CT molecular complexity index is 1630. The fourth-order valence-corrected chi connectivity index (χ4v) is 5.44. The Labute approximate surface area is 435 Å². The van der Waals surface area contributed by atoms with Gasteiger partial charge in [-0.1, -0.05) is 0 Å². The molecule has 0 aromatic rings. The molecule has 0 radical (unpaired) electrons. The minimum atomic E-state index is -1.31. The van der Waals surface area contributed by atoms with Gasteiger partial charge < -0.3 is 71.1 Å². The van der Waals surface area contributed by atoms with E-state index in [4.69, 9.17) is 71.1 Å². The highest BCUT2D eigenvalue weighted by Gasteiger charge is 2.21. The molecule has 27 nitrogen and oxygen atoms in total. The lowest BCUT2D eigenvalue weighted by Gasteiger charge is -2.18. The summed E-state index contributed by atoms with van der Waals surface area (Å²) in [5.74, 6) is -7.81. The number of carbonyl (C=O) groups is 12. The Kier molecular flexibility index (Phi) is 43.2. The molecule has 0 rings (SSSR count). The van der Waals surface area contributed by atoms with Crippen LogP contribution < -0.4 is 0 Å². The minimum absolute atomic E-state index is 0.00674. The molecule has 0 bridgehead atoms. The molecule has 0 fully saturated rings. The Morgan fingerprint density at radius 1 is 0.227 bits per heavy atom. The maximum absolute atomic E-state index is 12.7. The Hall–Kier alpha value is -6.48. The van der Waals surface area contributed by atoms with Crippen molar-refractivity contribution in [2.75, 3.05) is 114 Å². The molecule has 0 saturated heterocycles. The van der Waals surface area contributed by atoms with Crippen molar-refractivity contribution in [1.29, 1.82) is 0 Å². The number of hydrogen-bond acceptors (Lipinski definition) is 27. The maximum atomic E-state index is 12.7. The second kappa shape index (κ2) is 47.2. The first-order chi connectivity index (χ1) is 36.1. The van der Waals surface area contributed by atoms with Gasteiger partial charge in [0.25, 0.3) is 0 Å². The summed E-state index contributed by atoms with van der Waals surface area (Å²) in [5.41, 5.74) is 0. The third kappa shape index (κ3) is 45.8. The van der Waals surface area contributed by atoms with Crippen molar-refractivity contribution in [2.45, 2.75) is 122 Å². The van der Waals surface area contributed by atoms with Crippen molar-refractivity contribution < 1.29 is 129 Å². The van der Waals surface area contributed by atoms with E-state index in [-0.39, 0.29) is 195 Å². The fraction of sp³-hybridized carbons (Fsp3) is 0.750. The molecule has 0 heterocycles. The molecule has 0 saturated carbocycles. The molecule has 0 aliphatic heterocycles. The van der Waals surface area contributed by atoms with Crippen LogP contribution in [0, 0.1) is 0 Å². The van der Waals surface area contributed by atoms with Crippen LogP contribution >= 0.6 is 0 Å². The van der Waals surface area contributed by atoms with E-state index in [0.29, 0.717) is 0 Å². The summed E-state index contributed by atoms with van der Waals surface area (Å²) >= 11 is 0.